The molecule has 1 aromatic heterocycles. The third-order valence-corrected chi connectivity index (χ3v) is 5.87. The second kappa shape index (κ2) is 8.63. The van der Waals surface area contributed by atoms with Gasteiger partial charge in [0.25, 0.3) is 5.91 Å². The molecule has 0 saturated heterocycles. The van der Waals surface area contributed by atoms with Crippen LogP contribution in [0.3, 0.4) is 0 Å². The molecule has 7 nitrogen and oxygen atoms in total. The van der Waals surface area contributed by atoms with E-state index in [-0.39, 0.29) is 23.0 Å². The lowest BCUT2D eigenvalue weighted by Gasteiger charge is -2.09. The van der Waals surface area contributed by atoms with Crippen LogP contribution in [0, 0.1) is 11.3 Å². The average molecular weight is 410 g/mol. The molecule has 0 atom stereocenters. The molecule has 148 valence electrons. The van der Waals surface area contributed by atoms with E-state index in [0.717, 1.165) is 0 Å². The number of anilines is 1. The average Bonchev–Trinajstić information content (AvgIpc) is 3.21. The monoisotopic (exact) mass is 410 g/mol. The molecule has 0 fully saturated rings. The van der Waals surface area contributed by atoms with Gasteiger partial charge in [0.05, 0.1) is 28.5 Å². The van der Waals surface area contributed by atoms with E-state index in [1.807, 2.05) is 6.07 Å². The van der Waals surface area contributed by atoms with E-state index >= 15 is 0 Å². The second-order valence-corrected chi connectivity index (χ2v) is 8.37. The van der Waals surface area contributed by atoms with Crippen molar-refractivity contribution in [3.63, 3.8) is 0 Å². The summed E-state index contributed by atoms with van der Waals surface area (Å²) in [5, 5.41) is 11.6. The summed E-state index contributed by atoms with van der Waals surface area (Å²) in [6, 6.07) is 16.4. The molecule has 3 rings (SSSR count). The summed E-state index contributed by atoms with van der Waals surface area (Å²) in [5.41, 5.74) is 1.33. The summed E-state index contributed by atoms with van der Waals surface area (Å²) in [4.78, 5) is 12.7. The van der Waals surface area contributed by atoms with Crippen LogP contribution in [0.4, 0.5) is 5.69 Å². The van der Waals surface area contributed by atoms with Crippen molar-refractivity contribution in [2.45, 2.75) is 18.4 Å². The number of furan rings is 1. The Bertz CT molecular complexity index is 1180. The number of ether oxygens (including phenoxy) is 1. The number of carbonyl (C=O) groups excluding carboxylic acids is 1. The Balaban J connectivity index is 1.72. The Morgan fingerprint density at radius 1 is 1.17 bits per heavy atom. The van der Waals surface area contributed by atoms with Crippen molar-refractivity contribution >= 4 is 21.4 Å². The molecule has 0 radical (unpaired) electrons. The Hall–Kier alpha value is -3.57. The van der Waals surface area contributed by atoms with Gasteiger partial charge < -0.3 is 14.5 Å². The SMILES string of the molecule is CCS(=O)(=O)c1cccc(NC(=O)c2occc2COc2cccc(C#N)c2)c1. The summed E-state index contributed by atoms with van der Waals surface area (Å²) in [5.74, 6) is 0.00144. The zero-order valence-corrected chi connectivity index (χ0v) is 16.4. The number of carbonyl (C=O) groups is 1. The van der Waals surface area contributed by atoms with E-state index in [4.69, 9.17) is 14.4 Å². The Labute approximate surface area is 168 Å². The van der Waals surface area contributed by atoms with Gasteiger partial charge in [-0.1, -0.05) is 19.1 Å². The molecule has 2 aromatic carbocycles. The molecular formula is C21H18N2O5S. The van der Waals surface area contributed by atoms with Crippen molar-refractivity contribution < 1.29 is 22.4 Å². The van der Waals surface area contributed by atoms with Gasteiger partial charge in [-0.25, -0.2) is 8.42 Å². The topological polar surface area (TPSA) is 109 Å². The highest BCUT2D eigenvalue weighted by atomic mass is 32.2. The first-order valence-electron chi connectivity index (χ1n) is 8.76. The Kier molecular flexibility index (Phi) is 6.00. The summed E-state index contributed by atoms with van der Waals surface area (Å²) in [7, 11) is -3.38. The van der Waals surface area contributed by atoms with Crippen LogP contribution in [0.2, 0.25) is 0 Å². The van der Waals surface area contributed by atoms with E-state index in [1.54, 1.807) is 49.4 Å². The Morgan fingerprint density at radius 2 is 1.97 bits per heavy atom. The van der Waals surface area contributed by atoms with Crippen LogP contribution in [0.15, 0.2) is 70.2 Å². The number of hydrogen-bond acceptors (Lipinski definition) is 6. The minimum Gasteiger partial charge on any atom is -0.489 e. The maximum Gasteiger partial charge on any atom is 0.291 e. The first kappa shape index (κ1) is 20.2. The van der Waals surface area contributed by atoms with Gasteiger partial charge in [0.2, 0.25) is 0 Å². The van der Waals surface area contributed by atoms with Gasteiger partial charge in [-0.3, -0.25) is 4.79 Å². The van der Waals surface area contributed by atoms with Crippen molar-refractivity contribution in [3.8, 4) is 11.8 Å². The number of nitriles is 1. The molecular weight excluding hydrogens is 392 g/mol. The molecule has 0 unspecified atom stereocenters. The maximum atomic E-state index is 12.6. The zero-order valence-electron chi connectivity index (χ0n) is 15.6. The summed E-state index contributed by atoms with van der Waals surface area (Å²) >= 11 is 0. The Morgan fingerprint density at radius 3 is 2.72 bits per heavy atom. The van der Waals surface area contributed by atoms with Gasteiger partial charge in [0, 0.05) is 11.3 Å². The number of rotatable bonds is 7. The molecule has 8 heteroatoms. The molecule has 0 aliphatic rings. The van der Waals surface area contributed by atoms with E-state index in [1.165, 1.54) is 18.4 Å². The molecule has 3 aromatic rings. The van der Waals surface area contributed by atoms with Crippen molar-refractivity contribution in [1.29, 1.82) is 5.26 Å². The molecule has 0 aliphatic heterocycles. The molecule has 29 heavy (non-hydrogen) atoms. The van der Waals surface area contributed by atoms with Gasteiger partial charge in [-0.2, -0.15) is 5.26 Å². The lowest BCUT2D eigenvalue weighted by atomic mass is 10.2. The largest absolute Gasteiger partial charge is 0.489 e. The van der Waals surface area contributed by atoms with Gasteiger partial charge in [0.1, 0.15) is 12.4 Å². The fourth-order valence-corrected chi connectivity index (χ4v) is 3.51. The molecule has 1 heterocycles. The minimum absolute atomic E-state index is 0.0307. The van der Waals surface area contributed by atoms with Gasteiger partial charge in [0.15, 0.2) is 15.6 Å². The predicted octanol–water partition coefficient (Wildman–Crippen LogP) is 3.78. The van der Waals surface area contributed by atoms with Crippen LogP contribution in [-0.4, -0.2) is 20.1 Å². The van der Waals surface area contributed by atoms with Gasteiger partial charge >= 0.3 is 0 Å². The first-order chi connectivity index (χ1) is 13.9. The minimum atomic E-state index is -3.38. The molecule has 1 amide bonds. The quantitative estimate of drug-likeness (QED) is 0.635. The lowest BCUT2D eigenvalue weighted by Crippen LogP contribution is -2.14. The zero-order chi connectivity index (χ0) is 20.9. The number of hydrogen-bond donors (Lipinski definition) is 1. The van der Waals surface area contributed by atoms with Crippen molar-refractivity contribution in [2.75, 3.05) is 11.1 Å². The summed E-state index contributed by atoms with van der Waals surface area (Å²) < 4.78 is 35.0. The highest BCUT2D eigenvalue weighted by molar-refractivity contribution is 7.91. The normalized spacial score (nSPS) is 10.9. The van der Waals surface area contributed by atoms with Crippen LogP contribution in [0.25, 0.3) is 0 Å². The fraction of sp³-hybridized carbons (Fsp3) is 0.143. The van der Waals surface area contributed by atoms with Crippen LogP contribution in [0.5, 0.6) is 5.75 Å². The van der Waals surface area contributed by atoms with Gasteiger partial charge in [-0.15, -0.1) is 0 Å². The highest BCUT2D eigenvalue weighted by Gasteiger charge is 2.18. The smallest absolute Gasteiger partial charge is 0.291 e. The number of benzene rings is 2. The third kappa shape index (κ3) is 4.83. The summed E-state index contributed by atoms with van der Waals surface area (Å²) in [6.07, 6.45) is 1.37. The van der Waals surface area contributed by atoms with Crippen molar-refractivity contribution in [2.24, 2.45) is 0 Å². The van der Waals surface area contributed by atoms with Crippen molar-refractivity contribution in [1.82, 2.24) is 0 Å². The van der Waals surface area contributed by atoms with E-state index < -0.39 is 15.7 Å². The lowest BCUT2D eigenvalue weighted by molar-refractivity contribution is 0.0993. The van der Waals surface area contributed by atoms with E-state index in [2.05, 4.69) is 5.32 Å². The van der Waals surface area contributed by atoms with Crippen LogP contribution < -0.4 is 10.1 Å². The molecule has 1 N–H and O–H groups in total. The van der Waals surface area contributed by atoms with E-state index in [0.29, 0.717) is 22.6 Å². The number of sulfone groups is 1. The van der Waals surface area contributed by atoms with E-state index in [9.17, 15) is 13.2 Å². The van der Waals surface area contributed by atoms with Crippen LogP contribution in [0.1, 0.15) is 28.6 Å². The molecule has 0 aliphatic carbocycles. The second-order valence-electron chi connectivity index (χ2n) is 6.09. The summed E-state index contributed by atoms with van der Waals surface area (Å²) in [6.45, 7) is 1.63. The number of nitrogens with one attached hydrogen (secondary N) is 1. The number of nitrogens with zero attached hydrogens (tertiary/aromatic N) is 1. The third-order valence-electron chi connectivity index (χ3n) is 4.14. The van der Waals surface area contributed by atoms with Crippen LogP contribution in [-0.2, 0) is 16.4 Å². The van der Waals surface area contributed by atoms with Gasteiger partial charge in [-0.05, 0) is 42.5 Å². The molecule has 0 saturated carbocycles. The fourth-order valence-electron chi connectivity index (χ4n) is 2.59. The van der Waals surface area contributed by atoms with Crippen LogP contribution >= 0.6 is 0 Å². The number of amides is 1. The maximum absolute atomic E-state index is 12.6. The highest BCUT2D eigenvalue weighted by Crippen LogP contribution is 2.20. The standard InChI is InChI=1S/C21H18N2O5S/c1-2-29(25,26)19-8-4-6-17(12-19)23-21(24)20-16(9-10-27-20)14-28-18-7-3-5-15(11-18)13-22/h3-12H,2,14H2,1H3,(H,23,24). The first-order valence-corrected chi connectivity index (χ1v) is 10.4. The molecule has 0 spiro atoms. The molecule has 0 bridgehead atoms. The van der Waals surface area contributed by atoms with Crippen molar-refractivity contribution in [3.05, 3.63) is 77.7 Å². The predicted molar refractivity (Wildman–Crippen MR) is 106 cm³/mol.